The van der Waals surface area contributed by atoms with Crippen molar-refractivity contribution in [3.05, 3.63) is 57.1 Å². The number of nitrogens with one attached hydrogen (secondary N) is 1. The summed E-state index contributed by atoms with van der Waals surface area (Å²) in [6, 6.07) is 8.82. The summed E-state index contributed by atoms with van der Waals surface area (Å²) >= 11 is 12.1. The number of halogens is 2. The number of hydrogen-bond acceptors (Lipinski definition) is 3. The van der Waals surface area contributed by atoms with Crippen molar-refractivity contribution in [1.29, 1.82) is 0 Å². The molecule has 0 radical (unpaired) electrons. The molecule has 2 aromatic rings. The summed E-state index contributed by atoms with van der Waals surface area (Å²) in [5.41, 5.74) is 3.00. The molecule has 3 rings (SSSR count). The number of piperidine rings is 1. The fourth-order valence-corrected chi connectivity index (χ4v) is 6.13. The second-order valence-electron chi connectivity index (χ2n) is 7.50. The van der Waals surface area contributed by atoms with Gasteiger partial charge in [-0.15, -0.1) is 0 Å². The highest BCUT2D eigenvalue weighted by atomic mass is 35.5. The van der Waals surface area contributed by atoms with E-state index < -0.39 is 10.0 Å². The van der Waals surface area contributed by atoms with E-state index in [1.807, 2.05) is 32.9 Å². The molecule has 0 spiro atoms. The van der Waals surface area contributed by atoms with Crippen molar-refractivity contribution in [2.45, 2.75) is 38.5 Å². The van der Waals surface area contributed by atoms with Crippen LogP contribution in [0, 0.1) is 26.7 Å². The molecule has 0 saturated carbocycles. The smallest absolute Gasteiger partial charge is 0.243 e. The van der Waals surface area contributed by atoms with Gasteiger partial charge in [0.15, 0.2) is 0 Å². The molecule has 0 aliphatic carbocycles. The topological polar surface area (TPSA) is 66.5 Å². The summed E-state index contributed by atoms with van der Waals surface area (Å²) in [5, 5.41) is 3.48. The van der Waals surface area contributed by atoms with Gasteiger partial charge in [-0.05, 0) is 56.9 Å². The fraction of sp³-hybridized carbons (Fsp3) is 0.381. The maximum atomic E-state index is 13.2. The summed E-state index contributed by atoms with van der Waals surface area (Å²) < 4.78 is 27.8. The van der Waals surface area contributed by atoms with Gasteiger partial charge in [0.25, 0.3) is 0 Å². The van der Waals surface area contributed by atoms with Crippen molar-refractivity contribution in [3.63, 3.8) is 0 Å². The van der Waals surface area contributed by atoms with Gasteiger partial charge in [0, 0.05) is 19.0 Å². The minimum Gasteiger partial charge on any atom is -0.324 e. The van der Waals surface area contributed by atoms with Crippen LogP contribution in [-0.2, 0) is 14.8 Å². The molecule has 5 nitrogen and oxygen atoms in total. The molecule has 0 aromatic heterocycles. The van der Waals surface area contributed by atoms with Crippen molar-refractivity contribution in [2.75, 3.05) is 18.4 Å². The van der Waals surface area contributed by atoms with Gasteiger partial charge >= 0.3 is 0 Å². The van der Waals surface area contributed by atoms with E-state index in [1.165, 1.54) is 4.31 Å². The zero-order valence-corrected chi connectivity index (χ0v) is 19.0. The Labute approximate surface area is 182 Å². The highest BCUT2D eigenvalue weighted by Gasteiger charge is 2.33. The van der Waals surface area contributed by atoms with Crippen molar-refractivity contribution in [1.82, 2.24) is 4.31 Å². The van der Waals surface area contributed by atoms with Gasteiger partial charge in [-0.25, -0.2) is 8.42 Å². The van der Waals surface area contributed by atoms with Gasteiger partial charge in [0.05, 0.1) is 20.6 Å². The molecule has 8 heteroatoms. The van der Waals surface area contributed by atoms with Crippen molar-refractivity contribution in [2.24, 2.45) is 5.92 Å². The molecule has 29 heavy (non-hydrogen) atoms. The molecule has 1 fully saturated rings. The predicted molar refractivity (Wildman–Crippen MR) is 117 cm³/mol. The number of amides is 1. The van der Waals surface area contributed by atoms with E-state index in [2.05, 4.69) is 5.32 Å². The van der Waals surface area contributed by atoms with Gasteiger partial charge in [0.2, 0.25) is 15.9 Å². The molecule has 0 atom stereocenters. The third-order valence-corrected chi connectivity index (χ3v) is 8.26. The van der Waals surface area contributed by atoms with E-state index in [0.29, 0.717) is 46.6 Å². The van der Waals surface area contributed by atoms with Crippen LogP contribution in [-0.4, -0.2) is 31.7 Å². The molecule has 1 N–H and O–H groups in total. The van der Waals surface area contributed by atoms with Crippen LogP contribution in [0.2, 0.25) is 10.0 Å². The molecule has 0 unspecified atom stereocenters. The molecule has 1 saturated heterocycles. The van der Waals surface area contributed by atoms with Gasteiger partial charge in [-0.3, -0.25) is 4.79 Å². The Hall–Kier alpha value is -1.60. The van der Waals surface area contributed by atoms with E-state index in [4.69, 9.17) is 23.2 Å². The summed E-state index contributed by atoms with van der Waals surface area (Å²) in [6.45, 7) is 6.20. The Morgan fingerprint density at radius 1 is 1.07 bits per heavy atom. The number of anilines is 1. The third kappa shape index (κ3) is 4.61. The minimum absolute atomic E-state index is 0.172. The quantitative estimate of drug-likeness (QED) is 0.709. The lowest BCUT2D eigenvalue weighted by Gasteiger charge is -2.31. The molecular formula is C21H24Cl2N2O3S. The third-order valence-electron chi connectivity index (χ3n) is 5.24. The first kappa shape index (κ1) is 22.1. The zero-order chi connectivity index (χ0) is 21.3. The van der Waals surface area contributed by atoms with Crippen LogP contribution in [0.15, 0.2) is 35.2 Å². The van der Waals surface area contributed by atoms with Crippen molar-refractivity contribution >= 4 is 44.8 Å². The molecule has 156 valence electrons. The lowest BCUT2D eigenvalue weighted by Crippen LogP contribution is -2.41. The molecule has 1 aliphatic rings. The average molecular weight is 455 g/mol. The minimum atomic E-state index is -3.60. The molecule has 1 aliphatic heterocycles. The lowest BCUT2D eigenvalue weighted by atomic mass is 9.97. The molecular weight excluding hydrogens is 431 g/mol. The van der Waals surface area contributed by atoms with Crippen molar-refractivity contribution in [3.8, 4) is 0 Å². The standard InChI is InChI=1S/C21H24Cl2N2O3S/c1-13-11-14(2)20(15(3)12-13)29(27,28)25-9-7-16(8-10-25)21(26)24-18-6-4-5-17(22)19(18)23/h4-6,11-12,16H,7-10H2,1-3H3,(H,24,26). The molecule has 0 bridgehead atoms. The SMILES string of the molecule is Cc1cc(C)c(S(=O)(=O)N2CCC(C(=O)Nc3cccc(Cl)c3Cl)CC2)c(C)c1. The number of carbonyl (C=O) groups excluding carboxylic acids is 1. The summed E-state index contributed by atoms with van der Waals surface area (Å²) in [5.74, 6) is -0.453. The van der Waals surface area contributed by atoms with E-state index >= 15 is 0 Å². The lowest BCUT2D eigenvalue weighted by molar-refractivity contribution is -0.120. The Balaban J connectivity index is 1.70. The first-order valence-electron chi connectivity index (χ1n) is 9.44. The molecule has 1 heterocycles. The largest absolute Gasteiger partial charge is 0.324 e. The monoisotopic (exact) mass is 454 g/mol. The Morgan fingerprint density at radius 2 is 1.66 bits per heavy atom. The number of benzene rings is 2. The Bertz CT molecular complexity index is 1020. The number of rotatable bonds is 4. The van der Waals surface area contributed by atoms with Gasteiger partial charge in [-0.2, -0.15) is 4.31 Å². The highest BCUT2D eigenvalue weighted by molar-refractivity contribution is 7.89. The predicted octanol–water partition coefficient (Wildman–Crippen LogP) is 4.96. The highest BCUT2D eigenvalue weighted by Crippen LogP contribution is 2.32. The van der Waals surface area contributed by atoms with E-state index in [-0.39, 0.29) is 11.8 Å². The maximum Gasteiger partial charge on any atom is 0.243 e. The van der Waals surface area contributed by atoms with Crippen LogP contribution in [0.4, 0.5) is 5.69 Å². The second kappa shape index (κ2) is 8.64. The van der Waals surface area contributed by atoms with Gasteiger partial charge in [-0.1, -0.05) is 47.0 Å². The van der Waals surface area contributed by atoms with Gasteiger partial charge < -0.3 is 5.32 Å². The summed E-state index contributed by atoms with van der Waals surface area (Å²) in [6.07, 6.45) is 0.903. The van der Waals surface area contributed by atoms with Crippen LogP contribution >= 0.6 is 23.2 Å². The first-order valence-corrected chi connectivity index (χ1v) is 11.6. The average Bonchev–Trinajstić information content (AvgIpc) is 2.64. The number of nitrogens with zero attached hydrogens (tertiary/aromatic N) is 1. The maximum absolute atomic E-state index is 13.2. The summed E-state index contributed by atoms with van der Waals surface area (Å²) in [7, 11) is -3.60. The summed E-state index contributed by atoms with van der Waals surface area (Å²) in [4.78, 5) is 13.0. The Kier molecular flexibility index (Phi) is 6.58. The first-order chi connectivity index (χ1) is 13.6. The van der Waals surface area contributed by atoms with E-state index in [1.54, 1.807) is 18.2 Å². The zero-order valence-electron chi connectivity index (χ0n) is 16.6. The number of sulfonamides is 1. The van der Waals surface area contributed by atoms with Crippen LogP contribution in [0.1, 0.15) is 29.5 Å². The van der Waals surface area contributed by atoms with Crippen molar-refractivity contribution < 1.29 is 13.2 Å². The van der Waals surface area contributed by atoms with Crippen LogP contribution in [0.25, 0.3) is 0 Å². The molecule has 1 amide bonds. The normalized spacial score (nSPS) is 16.0. The van der Waals surface area contributed by atoms with E-state index in [9.17, 15) is 13.2 Å². The fourth-order valence-electron chi connectivity index (χ4n) is 3.90. The van der Waals surface area contributed by atoms with Crippen LogP contribution in [0.3, 0.4) is 0 Å². The van der Waals surface area contributed by atoms with E-state index in [0.717, 1.165) is 16.7 Å². The number of hydrogen-bond donors (Lipinski definition) is 1. The van der Waals surface area contributed by atoms with Crippen LogP contribution < -0.4 is 5.32 Å². The van der Waals surface area contributed by atoms with Crippen LogP contribution in [0.5, 0.6) is 0 Å². The second-order valence-corrected chi connectivity index (χ2v) is 10.2. The number of carbonyl (C=O) groups is 1. The Morgan fingerprint density at radius 3 is 2.24 bits per heavy atom. The number of aryl methyl sites for hydroxylation is 3. The molecule has 2 aromatic carbocycles. The van der Waals surface area contributed by atoms with Gasteiger partial charge in [0.1, 0.15) is 0 Å².